The molecule has 15 atom stereocenters. The van der Waals surface area contributed by atoms with Gasteiger partial charge < -0.3 is 79.9 Å². The molecule has 3 saturated heterocycles. The number of hydrogen-bond donors (Lipinski definition) is 11. The summed E-state index contributed by atoms with van der Waals surface area (Å²) in [5, 5.41) is 109. The summed E-state index contributed by atoms with van der Waals surface area (Å²) in [6.07, 6.45) is -25.6. The van der Waals surface area contributed by atoms with Crippen LogP contribution in [0.5, 0.6) is 0 Å². The SMILES string of the molecule is OC[C@H]1O[C@@H](O[C@H]2[C@H](O)[C@@H](CO)OC(O)[C@@H]2O[C@H]2O[C@H](CO)[C@H](O)[C@H](O)[C@H]2O)[C@H](O)[C@@H](O)[C@H]1O. The van der Waals surface area contributed by atoms with Gasteiger partial charge in [-0.15, -0.1) is 0 Å². The van der Waals surface area contributed by atoms with E-state index in [1.807, 2.05) is 0 Å². The maximum absolute atomic E-state index is 10.6. The van der Waals surface area contributed by atoms with Crippen LogP contribution in [-0.4, -0.2) is 168 Å². The van der Waals surface area contributed by atoms with Gasteiger partial charge in [-0.25, -0.2) is 0 Å². The molecule has 11 N–H and O–H groups in total. The van der Waals surface area contributed by atoms with Gasteiger partial charge in [0.25, 0.3) is 0 Å². The standard InChI is InChI=1S/C18H32O16/c19-1-4-7(22)10(25)12(27)17(31-4)33-14-9(24)6(3-21)30-16(29)15(14)34-18-13(28)11(26)8(23)5(2-20)32-18/h4-29H,1-3H2/t4-,5-,6-,7+,8+,9-,10+,11+,12-,13-,14+,15-,16?,17+,18-/m1/s1. The smallest absolute Gasteiger partial charge is 0.187 e. The third kappa shape index (κ3) is 5.37. The second-order valence-electron chi connectivity index (χ2n) is 8.33. The Morgan fingerprint density at radius 1 is 0.441 bits per heavy atom. The lowest BCUT2D eigenvalue weighted by Gasteiger charge is -2.48. The number of rotatable bonds is 7. The Hall–Kier alpha value is -0.640. The molecular formula is C18H32O16. The molecule has 0 aromatic heterocycles. The molecule has 0 radical (unpaired) electrons. The Bertz CT molecular complexity index is 637. The Balaban J connectivity index is 1.83. The summed E-state index contributed by atoms with van der Waals surface area (Å²) in [6, 6.07) is 0. The fraction of sp³-hybridized carbons (Fsp3) is 1.00. The average Bonchev–Trinajstić information content (AvgIpc) is 2.83. The fourth-order valence-corrected chi connectivity index (χ4v) is 4.03. The van der Waals surface area contributed by atoms with Gasteiger partial charge in [0, 0.05) is 0 Å². The minimum atomic E-state index is -1.94. The third-order valence-corrected chi connectivity index (χ3v) is 6.10. The zero-order valence-corrected chi connectivity index (χ0v) is 17.7. The van der Waals surface area contributed by atoms with Crippen molar-refractivity contribution in [1.29, 1.82) is 0 Å². The van der Waals surface area contributed by atoms with Crippen molar-refractivity contribution >= 4 is 0 Å². The molecule has 3 heterocycles. The summed E-state index contributed by atoms with van der Waals surface area (Å²) < 4.78 is 26.5. The van der Waals surface area contributed by atoms with Gasteiger partial charge in [-0.05, 0) is 0 Å². The molecule has 0 saturated carbocycles. The van der Waals surface area contributed by atoms with Crippen molar-refractivity contribution in [2.45, 2.75) is 92.1 Å². The molecule has 0 bridgehead atoms. The van der Waals surface area contributed by atoms with E-state index in [4.69, 9.17) is 23.7 Å². The van der Waals surface area contributed by atoms with Crippen LogP contribution in [0.4, 0.5) is 0 Å². The van der Waals surface area contributed by atoms with Gasteiger partial charge in [-0.2, -0.15) is 0 Å². The van der Waals surface area contributed by atoms with Crippen LogP contribution in [0.1, 0.15) is 0 Å². The van der Waals surface area contributed by atoms with Crippen molar-refractivity contribution in [1.82, 2.24) is 0 Å². The van der Waals surface area contributed by atoms with Gasteiger partial charge in [-0.3, -0.25) is 0 Å². The van der Waals surface area contributed by atoms with Crippen molar-refractivity contribution in [2.24, 2.45) is 0 Å². The van der Waals surface area contributed by atoms with Crippen molar-refractivity contribution in [3.05, 3.63) is 0 Å². The first kappa shape index (κ1) is 27.9. The molecular weight excluding hydrogens is 472 g/mol. The molecule has 0 amide bonds. The largest absolute Gasteiger partial charge is 0.394 e. The molecule has 3 fully saturated rings. The topological polar surface area (TPSA) is 269 Å². The maximum atomic E-state index is 10.6. The minimum Gasteiger partial charge on any atom is -0.394 e. The van der Waals surface area contributed by atoms with Gasteiger partial charge in [0.15, 0.2) is 18.9 Å². The van der Waals surface area contributed by atoms with Crippen LogP contribution < -0.4 is 0 Å². The Morgan fingerprint density at radius 3 is 1.24 bits per heavy atom. The number of aliphatic hydroxyl groups excluding tert-OH is 11. The van der Waals surface area contributed by atoms with E-state index in [9.17, 15) is 56.2 Å². The summed E-state index contributed by atoms with van der Waals surface area (Å²) in [5.41, 5.74) is 0. The first-order valence-corrected chi connectivity index (χ1v) is 10.6. The molecule has 0 aromatic carbocycles. The molecule has 0 aliphatic carbocycles. The van der Waals surface area contributed by atoms with Crippen molar-refractivity contribution in [3.63, 3.8) is 0 Å². The van der Waals surface area contributed by atoms with E-state index in [-0.39, 0.29) is 0 Å². The Labute approximate surface area is 192 Å². The molecule has 34 heavy (non-hydrogen) atoms. The maximum Gasteiger partial charge on any atom is 0.187 e. The molecule has 16 heteroatoms. The summed E-state index contributed by atoms with van der Waals surface area (Å²) in [6.45, 7) is -2.33. The average molecular weight is 504 g/mol. The van der Waals surface area contributed by atoms with Gasteiger partial charge in [0.1, 0.15) is 73.2 Å². The predicted octanol–water partition coefficient (Wildman–Crippen LogP) is -7.57. The van der Waals surface area contributed by atoms with Crippen LogP contribution in [-0.2, 0) is 23.7 Å². The third-order valence-electron chi connectivity index (χ3n) is 6.10. The molecule has 200 valence electrons. The predicted molar refractivity (Wildman–Crippen MR) is 101 cm³/mol. The van der Waals surface area contributed by atoms with Crippen LogP contribution in [0.3, 0.4) is 0 Å². The van der Waals surface area contributed by atoms with E-state index in [1.165, 1.54) is 0 Å². The van der Waals surface area contributed by atoms with Crippen LogP contribution >= 0.6 is 0 Å². The summed E-state index contributed by atoms with van der Waals surface area (Å²) in [5.74, 6) is 0. The first-order valence-electron chi connectivity index (χ1n) is 10.6. The Kier molecular flexibility index (Phi) is 9.54. The molecule has 0 aromatic rings. The molecule has 3 rings (SSSR count). The first-order chi connectivity index (χ1) is 16.0. The number of ether oxygens (including phenoxy) is 5. The van der Waals surface area contributed by atoms with E-state index < -0.39 is 112 Å². The highest BCUT2D eigenvalue weighted by atomic mass is 16.8. The highest BCUT2D eigenvalue weighted by molar-refractivity contribution is 4.96. The van der Waals surface area contributed by atoms with Gasteiger partial charge >= 0.3 is 0 Å². The van der Waals surface area contributed by atoms with Crippen LogP contribution in [0.15, 0.2) is 0 Å². The van der Waals surface area contributed by atoms with Crippen molar-refractivity contribution in [3.8, 4) is 0 Å². The van der Waals surface area contributed by atoms with Gasteiger partial charge in [0.05, 0.1) is 19.8 Å². The molecule has 1 unspecified atom stereocenters. The molecule has 0 spiro atoms. The highest BCUT2D eigenvalue weighted by Crippen LogP contribution is 2.32. The lowest BCUT2D eigenvalue weighted by Crippen LogP contribution is -2.67. The normalized spacial score (nSPS) is 52.5. The zero-order valence-electron chi connectivity index (χ0n) is 17.7. The van der Waals surface area contributed by atoms with Crippen LogP contribution in [0.2, 0.25) is 0 Å². The van der Waals surface area contributed by atoms with Crippen LogP contribution in [0, 0.1) is 0 Å². The zero-order chi connectivity index (χ0) is 25.3. The van der Waals surface area contributed by atoms with E-state index in [1.54, 1.807) is 0 Å². The van der Waals surface area contributed by atoms with E-state index in [2.05, 4.69) is 0 Å². The quantitative estimate of drug-likeness (QED) is 0.154. The van der Waals surface area contributed by atoms with Gasteiger partial charge in [0.2, 0.25) is 0 Å². The minimum absolute atomic E-state index is 0.769. The second-order valence-corrected chi connectivity index (χ2v) is 8.33. The lowest BCUT2D eigenvalue weighted by atomic mass is 9.96. The number of hydrogen-bond acceptors (Lipinski definition) is 16. The second kappa shape index (κ2) is 11.6. The highest BCUT2D eigenvalue weighted by Gasteiger charge is 2.53. The Morgan fingerprint density at radius 2 is 0.824 bits per heavy atom. The molecule has 3 aliphatic heterocycles. The summed E-state index contributed by atoms with van der Waals surface area (Å²) >= 11 is 0. The monoisotopic (exact) mass is 504 g/mol. The summed E-state index contributed by atoms with van der Waals surface area (Å²) in [4.78, 5) is 0. The van der Waals surface area contributed by atoms with Crippen molar-refractivity contribution < 1.29 is 79.9 Å². The number of aliphatic hydroxyl groups is 11. The molecule has 16 nitrogen and oxygen atoms in total. The fourth-order valence-electron chi connectivity index (χ4n) is 4.03. The van der Waals surface area contributed by atoms with E-state index >= 15 is 0 Å². The molecule has 3 aliphatic rings. The summed E-state index contributed by atoms with van der Waals surface area (Å²) in [7, 11) is 0. The van der Waals surface area contributed by atoms with Crippen molar-refractivity contribution in [2.75, 3.05) is 19.8 Å². The van der Waals surface area contributed by atoms with E-state index in [0.29, 0.717) is 0 Å². The lowest BCUT2D eigenvalue weighted by molar-refractivity contribution is -0.387. The van der Waals surface area contributed by atoms with Crippen LogP contribution in [0.25, 0.3) is 0 Å². The van der Waals surface area contributed by atoms with E-state index in [0.717, 1.165) is 0 Å². The van der Waals surface area contributed by atoms with Gasteiger partial charge in [-0.1, -0.05) is 0 Å².